The maximum absolute atomic E-state index is 8.78. The number of nitriles is 1. The molecule has 0 bridgehead atoms. The average molecular weight is 254 g/mol. The smallest absolute Gasteiger partial charge is 0.233 e. The van der Waals surface area contributed by atoms with Gasteiger partial charge in [-0.3, -0.25) is 4.98 Å². The number of hydrogen-bond donors (Lipinski definition) is 0. The summed E-state index contributed by atoms with van der Waals surface area (Å²) in [5, 5.41) is 16.9. The van der Waals surface area contributed by atoms with Gasteiger partial charge in [0.1, 0.15) is 12.7 Å². The van der Waals surface area contributed by atoms with Gasteiger partial charge >= 0.3 is 0 Å². The zero-order valence-corrected chi connectivity index (χ0v) is 10.9. The zero-order chi connectivity index (χ0) is 13.7. The highest BCUT2D eigenvalue weighted by molar-refractivity contribution is 5.28. The first-order valence-electron chi connectivity index (χ1n) is 5.99. The van der Waals surface area contributed by atoms with Crippen molar-refractivity contribution in [2.75, 3.05) is 0 Å². The summed E-state index contributed by atoms with van der Waals surface area (Å²) < 4.78 is 5.50. The second-order valence-corrected chi connectivity index (χ2v) is 4.43. The van der Waals surface area contributed by atoms with Crippen molar-refractivity contribution in [1.29, 1.82) is 5.26 Å². The molecule has 5 heteroatoms. The van der Waals surface area contributed by atoms with Gasteiger partial charge in [0.15, 0.2) is 0 Å². The Morgan fingerprint density at radius 1 is 1.26 bits per heavy atom. The summed E-state index contributed by atoms with van der Waals surface area (Å²) in [4.78, 5) is 3.97. The molecule has 2 aromatic heterocycles. The molecule has 0 aromatic carbocycles. The lowest BCUT2D eigenvalue weighted by Gasteiger charge is -2.06. The molecule has 19 heavy (non-hydrogen) atoms. The van der Waals surface area contributed by atoms with Crippen molar-refractivity contribution in [3.8, 4) is 11.9 Å². The van der Waals surface area contributed by atoms with Crippen LogP contribution in [0.2, 0.25) is 0 Å². The van der Waals surface area contributed by atoms with E-state index in [9.17, 15) is 0 Å². The Hall–Kier alpha value is -2.48. The van der Waals surface area contributed by atoms with E-state index >= 15 is 0 Å². The molecule has 0 N–H and O–H groups in total. The molecule has 96 valence electrons. The summed E-state index contributed by atoms with van der Waals surface area (Å²) in [7, 11) is 0. The largest absolute Gasteiger partial charge is 0.472 e. The molecular formula is C14H14N4O. The standard InChI is InChI=1S/C14H14N4O/c1-10(2)13-3-4-14(18-17-13)19-9-12-5-11(6-15)7-16-8-12/h3-5,7-8,10H,9H2,1-2H3. The number of aromatic nitrogens is 3. The molecule has 2 aromatic rings. The number of rotatable bonds is 4. The zero-order valence-electron chi connectivity index (χ0n) is 10.9. The first kappa shape index (κ1) is 13.0. The molecular weight excluding hydrogens is 240 g/mol. The van der Waals surface area contributed by atoms with Crippen molar-refractivity contribution in [3.05, 3.63) is 47.4 Å². The Bertz CT molecular complexity index is 587. The van der Waals surface area contributed by atoms with E-state index in [1.54, 1.807) is 18.3 Å². The first-order valence-corrected chi connectivity index (χ1v) is 5.99. The van der Waals surface area contributed by atoms with E-state index in [4.69, 9.17) is 10.00 Å². The fourth-order valence-corrected chi connectivity index (χ4v) is 1.50. The van der Waals surface area contributed by atoms with Crippen molar-refractivity contribution in [3.63, 3.8) is 0 Å². The summed E-state index contributed by atoms with van der Waals surface area (Å²) in [5.74, 6) is 0.810. The highest BCUT2D eigenvalue weighted by Gasteiger charge is 2.03. The van der Waals surface area contributed by atoms with Gasteiger partial charge < -0.3 is 4.74 Å². The van der Waals surface area contributed by atoms with E-state index in [1.165, 1.54) is 6.20 Å². The molecule has 0 aliphatic rings. The van der Waals surface area contributed by atoms with Crippen molar-refractivity contribution < 1.29 is 4.74 Å². The summed E-state index contributed by atoms with van der Waals surface area (Å²) in [6, 6.07) is 7.47. The summed E-state index contributed by atoms with van der Waals surface area (Å²) in [6.45, 7) is 4.44. The maximum Gasteiger partial charge on any atom is 0.233 e. The lowest BCUT2D eigenvalue weighted by molar-refractivity contribution is 0.289. The Morgan fingerprint density at radius 3 is 2.74 bits per heavy atom. The Morgan fingerprint density at radius 2 is 2.11 bits per heavy atom. The molecule has 0 amide bonds. The third-order valence-corrected chi connectivity index (χ3v) is 2.56. The van der Waals surface area contributed by atoms with Crippen LogP contribution in [-0.4, -0.2) is 15.2 Å². The Labute approximate surface area is 111 Å². The van der Waals surface area contributed by atoms with Gasteiger partial charge in [0.2, 0.25) is 5.88 Å². The summed E-state index contributed by atoms with van der Waals surface area (Å²) >= 11 is 0. The van der Waals surface area contributed by atoms with Crippen LogP contribution in [0.5, 0.6) is 5.88 Å². The van der Waals surface area contributed by atoms with Crippen molar-refractivity contribution in [1.82, 2.24) is 15.2 Å². The third kappa shape index (κ3) is 3.49. The Balaban J connectivity index is 2.00. The molecule has 0 saturated carbocycles. The third-order valence-electron chi connectivity index (χ3n) is 2.56. The minimum Gasteiger partial charge on any atom is -0.472 e. The van der Waals surface area contributed by atoms with Gasteiger partial charge in [0, 0.05) is 24.0 Å². The molecule has 2 heterocycles. The topological polar surface area (TPSA) is 71.7 Å². The first-order chi connectivity index (χ1) is 9.19. The van der Waals surface area contributed by atoms with Gasteiger partial charge in [-0.15, -0.1) is 5.10 Å². The molecule has 0 radical (unpaired) electrons. The molecule has 0 spiro atoms. The van der Waals surface area contributed by atoms with Crippen LogP contribution in [0, 0.1) is 11.3 Å². The summed E-state index contributed by atoms with van der Waals surface area (Å²) in [5.41, 5.74) is 2.27. The van der Waals surface area contributed by atoms with Gasteiger partial charge in [-0.2, -0.15) is 10.4 Å². The quantitative estimate of drug-likeness (QED) is 0.838. The van der Waals surface area contributed by atoms with Crippen LogP contribution in [0.25, 0.3) is 0 Å². The van der Waals surface area contributed by atoms with Gasteiger partial charge in [-0.25, -0.2) is 0 Å². The molecule has 0 saturated heterocycles. The number of pyridine rings is 1. The lowest BCUT2D eigenvalue weighted by Crippen LogP contribution is -2.01. The molecule has 2 rings (SSSR count). The van der Waals surface area contributed by atoms with Crippen LogP contribution in [-0.2, 0) is 6.61 Å². The van der Waals surface area contributed by atoms with E-state index in [0.717, 1.165) is 11.3 Å². The predicted octanol–water partition coefficient (Wildman–Crippen LogP) is 2.45. The highest BCUT2D eigenvalue weighted by atomic mass is 16.5. The van der Waals surface area contributed by atoms with Crippen LogP contribution in [0.3, 0.4) is 0 Å². The van der Waals surface area contributed by atoms with Crippen LogP contribution in [0.4, 0.5) is 0 Å². The highest BCUT2D eigenvalue weighted by Crippen LogP contribution is 2.14. The van der Waals surface area contributed by atoms with Crippen LogP contribution in [0.15, 0.2) is 30.6 Å². The van der Waals surface area contributed by atoms with Crippen molar-refractivity contribution >= 4 is 0 Å². The van der Waals surface area contributed by atoms with Crippen molar-refractivity contribution in [2.45, 2.75) is 26.4 Å². The molecule has 0 fully saturated rings. The lowest BCUT2D eigenvalue weighted by atomic mass is 10.1. The van der Waals surface area contributed by atoms with E-state index in [0.29, 0.717) is 24.0 Å². The van der Waals surface area contributed by atoms with E-state index in [2.05, 4.69) is 29.0 Å². The summed E-state index contributed by atoms with van der Waals surface area (Å²) in [6.07, 6.45) is 3.18. The fraction of sp³-hybridized carbons (Fsp3) is 0.286. The maximum atomic E-state index is 8.78. The minimum atomic E-state index is 0.318. The molecule has 0 unspecified atom stereocenters. The van der Waals surface area contributed by atoms with E-state index < -0.39 is 0 Å². The Kier molecular flexibility index (Phi) is 4.04. The van der Waals surface area contributed by atoms with Gasteiger partial charge in [-0.05, 0) is 18.1 Å². The fourth-order valence-electron chi connectivity index (χ4n) is 1.50. The number of nitrogens with zero attached hydrogens (tertiary/aromatic N) is 4. The second kappa shape index (κ2) is 5.91. The van der Waals surface area contributed by atoms with E-state index in [-0.39, 0.29) is 0 Å². The molecule has 5 nitrogen and oxygen atoms in total. The van der Waals surface area contributed by atoms with Crippen LogP contribution >= 0.6 is 0 Å². The van der Waals surface area contributed by atoms with Crippen LogP contribution < -0.4 is 4.74 Å². The average Bonchev–Trinajstić information content (AvgIpc) is 2.46. The number of ether oxygens (including phenoxy) is 1. The van der Waals surface area contributed by atoms with Gasteiger partial charge in [0.05, 0.1) is 11.3 Å². The van der Waals surface area contributed by atoms with E-state index in [1.807, 2.05) is 12.1 Å². The van der Waals surface area contributed by atoms with Gasteiger partial charge in [-0.1, -0.05) is 13.8 Å². The minimum absolute atomic E-state index is 0.318. The SMILES string of the molecule is CC(C)c1ccc(OCc2cncc(C#N)c2)nn1. The number of hydrogen-bond acceptors (Lipinski definition) is 5. The molecule has 0 aliphatic carbocycles. The monoisotopic (exact) mass is 254 g/mol. The van der Waals surface area contributed by atoms with Crippen LogP contribution in [0.1, 0.15) is 36.6 Å². The van der Waals surface area contributed by atoms with Gasteiger partial charge in [0.25, 0.3) is 0 Å². The second-order valence-electron chi connectivity index (χ2n) is 4.43. The molecule has 0 atom stereocenters. The van der Waals surface area contributed by atoms with Crippen molar-refractivity contribution in [2.24, 2.45) is 0 Å². The molecule has 0 aliphatic heterocycles. The predicted molar refractivity (Wildman–Crippen MR) is 69.4 cm³/mol. The normalized spacial score (nSPS) is 10.2.